The van der Waals surface area contributed by atoms with E-state index in [0.29, 0.717) is 23.0 Å². The molecular formula is C19H22ClN3O3. The highest BCUT2D eigenvalue weighted by Gasteiger charge is 2.20. The van der Waals surface area contributed by atoms with E-state index in [9.17, 15) is 9.90 Å². The molecule has 0 unspecified atom stereocenters. The maximum Gasteiger partial charge on any atom is 0.238 e. The molecule has 0 atom stereocenters. The minimum absolute atomic E-state index is 0.0938. The number of nitrogens with zero attached hydrogens (tertiary/aromatic N) is 2. The molecule has 2 aromatic rings. The van der Waals surface area contributed by atoms with Gasteiger partial charge in [0.15, 0.2) is 0 Å². The van der Waals surface area contributed by atoms with Crippen LogP contribution in [-0.2, 0) is 4.79 Å². The van der Waals surface area contributed by atoms with Gasteiger partial charge < -0.3 is 20.1 Å². The highest BCUT2D eigenvalue weighted by atomic mass is 35.5. The predicted molar refractivity (Wildman–Crippen MR) is 103 cm³/mol. The summed E-state index contributed by atoms with van der Waals surface area (Å²) in [5.74, 6) is 0.754. The van der Waals surface area contributed by atoms with E-state index >= 15 is 0 Å². The second-order valence-electron chi connectivity index (χ2n) is 6.17. The lowest BCUT2D eigenvalue weighted by atomic mass is 10.2. The Morgan fingerprint density at radius 3 is 2.50 bits per heavy atom. The summed E-state index contributed by atoms with van der Waals surface area (Å²) < 4.78 is 5.25. The maximum atomic E-state index is 12.4. The van der Waals surface area contributed by atoms with Crippen LogP contribution >= 0.6 is 11.6 Å². The fourth-order valence-electron chi connectivity index (χ4n) is 3.00. The first-order valence-electron chi connectivity index (χ1n) is 8.45. The molecule has 1 saturated heterocycles. The van der Waals surface area contributed by atoms with Crippen LogP contribution < -0.4 is 15.0 Å². The molecule has 6 nitrogen and oxygen atoms in total. The number of ether oxygens (including phenoxy) is 1. The minimum Gasteiger partial charge on any atom is -0.508 e. The van der Waals surface area contributed by atoms with Crippen LogP contribution in [0.15, 0.2) is 42.5 Å². The third kappa shape index (κ3) is 4.59. The van der Waals surface area contributed by atoms with Gasteiger partial charge in [0, 0.05) is 36.9 Å². The van der Waals surface area contributed by atoms with E-state index in [-0.39, 0.29) is 11.7 Å². The van der Waals surface area contributed by atoms with E-state index in [1.165, 1.54) is 0 Å². The molecule has 26 heavy (non-hydrogen) atoms. The standard InChI is InChI=1S/C19H22ClN3O3/c1-26-18-7-2-14(20)12-17(18)21-19(25)13-22-8-10-23(11-9-22)15-3-5-16(24)6-4-15/h2-7,12,24H,8-11,13H2,1H3,(H,21,25). The summed E-state index contributed by atoms with van der Waals surface area (Å²) in [5.41, 5.74) is 1.66. The zero-order valence-corrected chi connectivity index (χ0v) is 15.4. The summed E-state index contributed by atoms with van der Waals surface area (Å²) in [4.78, 5) is 16.7. The molecule has 1 amide bonds. The number of methoxy groups -OCH3 is 1. The summed E-state index contributed by atoms with van der Waals surface area (Å²) >= 11 is 5.99. The molecule has 2 N–H and O–H groups in total. The fraction of sp³-hybridized carbons (Fsp3) is 0.316. The van der Waals surface area contributed by atoms with E-state index in [1.807, 2.05) is 12.1 Å². The van der Waals surface area contributed by atoms with Gasteiger partial charge in [-0.1, -0.05) is 11.6 Å². The van der Waals surface area contributed by atoms with Crippen molar-refractivity contribution >= 4 is 28.9 Å². The van der Waals surface area contributed by atoms with Crippen LogP contribution in [0, 0.1) is 0 Å². The number of phenolic OH excluding ortho intramolecular Hbond substituents is 1. The smallest absolute Gasteiger partial charge is 0.238 e. The van der Waals surface area contributed by atoms with Crippen molar-refractivity contribution in [1.82, 2.24) is 4.90 Å². The van der Waals surface area contributed by atoms with Crippen LogP contribution in [0.25, 0.3) is 0 Å². The van der Waals surface area contributed by atoms with Crippen molar-refractivity contribution in [3.8, 4) is 11.5 Å². The molecule has 1 fully saturated rings. The van der Waals surface area contributed by atoms with Crippen LogP contribution in [0.4, 0.5) is 11.4 Å². The van der Waals surface area contributed by atoms with Crippen LogP contribution in [0.1, 0.15) is 0 Å². The second kappa shape index (κ2) is 8.29. The number of hydrogen-bond donors (Lipinski definition) is 2. The average Bonchev–Trinajstić information content (AvgIpc) is 2.63. The van der Waals surface area contributed by atoms with Crippen molar-refractivity contribution in [1.29, 1.82) is 0 Å². The van der Waals surface area contributed by atoms with Crippen LogP contribution in [0.3, 0.4) is 0 Å². The Labute approximate surface area is 157 Å². The van der Waals surface area contributed by atoms with E-state index in [4.69, 9.17) is 16.3 Å². The van der Waals surface area contributed by atoms with E-state index in [1.54, 1.807) is 37.4 Å². The number of rotatable bonds is 5. The van der Waals surface area contributed by atoms with Crippen molar-refractivity contribution in [2.75, 3.05) is 50.1 Å². The molecule has 0 bridgehead atoms. The number of aromatic hydroxyl groups is 1. The zero-order chi connectivity index (χ0) is 18.5. The Hall–Kier alpha value is -2.44. The summed E-state index contributed by atoms with van der Waals surface area (Å²) in [6.07, 6.45) is 0. The van der Waals surface area contributed by atoms with E-state index in [2.05, 4.69) is 15.1 Å². The SMILES string of the molecule is COc1ccc(Cl)cc1NC(=O)CN1CCN(c2ccc(O)cc2)CC1. The van der Waals surface area contributed by atoms with Gasteiger partial charge >= 0.3 is 0 Å². The molecule has 2 aromatic carbocycles. The number of hydrogen-bond acceptors (Lipinski definition) is 5. The topological polar surface area (TPSA) is 65.0 Å². The van der Waals surface area contributed by atoms with Gasteiger partial charge in [-0.25, -0.2) is 0 Å². The monoisotopic (exact) mass is 375 g/mol. The van der Waals surface area contributed by atoms with Crippen LogP contribution in [0.2, 0.25) is 5.02 Å². The Morgan fingerprint density at radius 2 is 1.85 bits per heavy atom. The number of phenols is 1. The van der Waals surface area contributed by atoms with Crippen molar-refractivity contribution in [2.45, 2.75) is 0 Å². The molecule has 0 aromatic heterocycles. The number of benzene rings is 2. The molecule has 1 aliphatic heterocycles. The summed E-state index contributed by atoms with van der Waals surface area (Å²) in [5, 5.41) is 12.8. The first-order valence-corrected chi connectivity index (χ1v) is 8.82. The van der Waals surface area contributed by atoms with Gasteiger partial charge in [-0.15, -0.1) is 0 Å². The maximum absolute atomic E-state index is 12.4. The van der Waals surface area contributed by atoms with Gasteiger partial charge in [-0.3, -0.25) is 9.69 Å². The van der Waals surface area contributed by atoms with Gasteiger partial charge in [-0.05, 0) is 42.5 Å². The molecule has 3 rings (SSSR count). The molecule has 0 saturated carbocycles. The molecule has 0 aliphatic carbocycles. The molecule has 1 aliphatic rings. The number of carbonyl (C=O) groups is 1. The highest BCUT2D eigenvalue weighted by Crippen LogP contribution is 2.27. The number of nitrogens with one attached hydrogen (secondary N) is 1. The zero-order valence-electron chi connectivity index (χ0n) is 14.6. The van der Waals surface area contributed by atoms with Gasteiger partial charge in [0.25, 0.3) is 0 Å². The molecule has 138 valence electrons. The normalized spacial score (nSPS) is 14.9. The lowest BCUT2D eigenvalue weighted by molar-refractivity contribution is -0.117. The van der Waals surface area contributed by atoms with Crippen molar-refractivity contribution in [3.05, 3.63) is 47.5 Å². The fourth-order valence-corrected chi connectivity index (χ4v) is 3.17. The Kier molecular flexibility index (Phi) is 5.85. The second-order valence-corrected chi connectivity index (χ2v) is 6.61. The number of anilines is 2. The number of carbonyl (C=O) groups excluding carboxylic acids is 1. The molecule has 0 radical (unpaired) electrons. The number of halogens is 1. The largest absolute Gasteiger partial charge is 0.508 e. The van der Waals surface area contributed by atoms with Crippen molar-refractivity contribution in [2.24, 2.45) is 0 Å². The van der Waals surface area contributed by atoms with Crippen LogP contribution in [-0.4, -0.2) is 55.7 Å². The molecule has 1 heterocycles. The van der Waals surface area contributed by atoms with Crippen molar-refractivity contribution < 1.29 is 14.6 Å². The van der Waals surface area contributed by atoms with Gasteiger partial charge in [0.05, 0.1) is 19.3 Å². The molecular weight excluding hydrogens is 354 g/mol. The van der Waals surface area contributed by atoms with E-state index < -0.39 is 0 Å². The van der Waals surface area contributed by atoms with Crippen LogP contribution in [0.5, 0.6) is 11.5 Å². The van der Waals surface area contributed by atoms with E-state index in [0.717, 1.165) is 31.9 Å². The summed E-state index contributed by atoms with van der Waals surface area (Å²) in [7, 11) is 1.56. The third-order valence-electron chi connectivity index (χ3n) is 4.39. The number of amides is 1. The summed E-state index contributed by atoms with van der Waals surface area (Å²) in [6, 6.07) is 12.3. The Morgan fingerprint density at radius 1 is 1.15 bits per heavy atom. The number of piperazine rings is 1. The minimum atomic E-state index is -0.0938. The molecule has 7 heteroatoms. The first kappa shape index (κ1) is 18.4. The summed E-state index contributed by atoms with van der Waals surface area (Å²) in [6.45, 7) is 3.57. The Balaban J connectivity index is 1.52. The van der Waals surface area contributed by atoms with Gasteiger partial charge in [-0.2, -0.15) is 0 Å². The lowest BCUT2D eigenvalue weighted by Gasteiger charge is -2.35. The average molecular weight is 376 g/mol. The third-order valence-corrected chi connectivity index (χ3v) is 4.63. The Bertz CT molecular complexity index is 759. The van der Waals surface area contributed by atoms with Gasteiger partial charge in [0.2, 0.25) is 5.91 Å². The first-order chi connectivity index (χ1) is 12.5. The highest BCUT2D eigenvalue weighted by molar-refractivity contribution is 6.31. The predicted octanol–water partition coefficient (Wildman–Crippen LogP) is 2.81. The lowest BCUT2D eigenvalue weighted by Crippen LogP contribution is -2.48. The van der Waals surface area contributed by atoms with Crippen molar-refractivity contribution in [3.63, 3.8) is 0 Å². The van der Waals surface area contributed by atoms with Gasteiger partial charge in [0.1, 0.15) is 11.5 Å². The quantitative estimate of drug-likeness (QED) is 0.841. The molecule has 0 spiro atoms.